The van der Waals surface area contributed by atoms with E-state index < -0.39 is 6.10 Å². The average Bonchev–Trinajstić information content (AvgIpc) is 3.25. The van der Waals surface area contributed by atoms with Crippen LogP contribution in [0, 0.1) is 0 Å². The van der Waals surface area contributed by atoms with Crippen LogP contribution in [0.4, 0.5) is 0 Å². The Kier molecular flexibility index (Phi) is 48.9. The molecule has 0 amide bonds. The molecule has 0 aliphatic heterocycles. The van der Waals surface area contributed by atoms with E-state index in [0.717, 1.165) is 77.0 Å². The highest BCUT2D eigenvalue weighted by molar-refractivity contribution is 5.70. The van der Waals surface area contributed by atoms with Crippen LogP contribution in [0.25, 0.3) is 0 Å². The predicted octanol–water partition coefficient (Wildman–Crippen LogP) is 17.3. The van der Waals surface area contributed by atoms with Gasteiger partial charge in [-0.15, -0.1) is 0 Å². The van der Waals surface area contributed by atoms with Crippen LogP contribution in [0.1, 0.15) is 252 Å². The van der Waals surface area contributed by atoms with E-state index >= 15 is 0 Å². The van der Waals surface area contributed by atoms with E-state index in [1.54, 1.807) is 0 Å². The second kappa shape index (κ2) is 51.0. The van der Waals surface area contributed by atoms with Crippen molar-refractivity contribution in [1.82, 2.24) is 0 Å². The summed E-state index contributed by atoms with van der Waals surface area (Å²) in [6.07, 6.45) is 63.7. The highest BCUT2D eigenvalue weighted by atomic mass is 16.6. The monoisotopic (exact) mass is 839 g/mol. The molecule has 0 spiro atoms. The van der Waals surface area contributed by atoms with Crippen molar-refractivity contribution in [2.45, 2.75) is 258 Å². The van der Waals surface area contributed by atoms with E-state index in [2.05, 4.69) is 81.5 Å². The van der Waals surface area contributed by atoms with Crippen LogP contribution < -0.4 is 0 Å². The molecule has 0 aliphatic carbocycles. The smallest absolute Gasteiger partial charge is 0.306 e. The molecular weight excluding hydrogens is 741 g/mol. The number of carbonyl (C=O) groups is 2. The molecule has 5 heteroatoms. The Morgan fingerprint density at radius 1 is 0.383 bits per heavy atom. The first-order chi connectivity index (χ1) is 29.6. The maximum absolute atomic E-state index is 12.7. The summed E-state index contributed by atoms with van der Waals surface area (Å²) in [6, 6.07) is 0. The quantitative estimate of drug-likeness (QED) is 0.0347. The molecule has 60 heavy (non-hydrogen) atoms. The topological polar surface area (TPSA) is 61.8 Å². The van der Waals surface area contributed by atoms with Crippen molar-refractivity contribution in [3.63, 3.8) is 0 Å². The minimum absolute atomic E-state index is 0.0764. The van der Waals surface area contributed by atoms with Gasteiger partial charge in [0, 0.05) is 19.4 Å². The first-order valence-electron chi connectivity index (χ1n) is 25.8. The summed E-state index contributed by atoms with van der Waals surface area (Å²) in [7, 11) is 0. The second-order valence-corrected chi connectivity index (χ2v) is 17.0. The molecule has 0 aromatic carbocycles. The number of hydrogen-bond donors (Lipinski definition) is 0. The fourth-order valence-electron chi connectivity index (χ4n) is 7.20. The molecule has 0 rings (SSSR count). The maximum atomic E-state index is 12.7. The van der Waals surface area contributed by atoms with Crippen LogP contribution in [0.2, 0.25) is 0 Å². The third kappa shape index (κ3) is 48.3. The lowest BCUT2D eigenvalue weighted by Crippen LogP contribution is -2.30. The Morgan fingerprint density at radius 3 is 1.22 bits per heavy atom. The summed E-state index contributed by atoms with van der Waals surface area (Å²) < 4.78 is 17.4. The maximum Gasteiger partial charge on any atom is 0.306 e. The van der Waals surface area contributed by atoms with E-state index in [1.165, 1.54) is 141 Å². The highest BCUT2D eigenvalue weighted by Crippen LogP contribution is 2.14. The average molecular weight is 839 g/mol. The van der Waals surface area contributed by atoms with E-state index in [1.807, 2.05) is 0 Å². The van der Waals surface area contributed by atoms with Gasteiger partial charge in [0.05, 0.1) is 6.61 Å². The van der Waals surface area contributed by atoms with Crippen molar-refractivity contribution in [2.24, 2.45) is 0 Å². The summed E-state index contributed by atoms with van der Waals surface area (Å²) in [6.45, 7) is 7.69. The van der Waals surface area contributed by atoms with Crippen molar-refractivity contribution in [3.8, 4) is 0 Å². The van der Waals surface area contributed by atoms with Gasteiger partial charge in [0.25, 0.3) is 0 Å². The van der Waals surface area contributed by atoms with Gasteiger partial charge in [-0.3, -0.25) is 9.59 Å². The highest BCUT2D eigenvalue weighted by Gasteiger charge is 2.17. The van der Waals surface area contributed by atoms with Gasteiger partial charge in [0.15, 0.2) is 6.10 Å². The van der Waals surface area contributed by atoms with E-state index in [-0.39, 0.29) is 25.2 Å². The minimum Gasteiger partial charge on any atom is -0.462 e. The molecule has 0 aromatic heterocycles. The fourth-order valence-corrected chi connectivity index (χ4v) is 7.20. The fraction of sp³-hybridized carbons (Fsp3) is 0.782. The SMILES string of the molecule is CC/C=C\C/C=C\C/C=C\C/C=C\CCCCCCCCC(=O)OCC(COCCCCCCCC/C=C\CCCCCCCC)OC(=O)CCCCCCCCCCC. The first kappa shape index (κ1) is 57.6. The molecule has 0 radical (unpaired) electrons. The lowest BCUT2D eigenvalue weighted by molar-refractivity contribution is -0.163. The summed E-state index contributed by atoms with van der Waals surface area (Å²) in [4.78, 5) is 25.3. The van der Waals surface area contributed by atoms with E-state index in [0.29, 0.717) is 19.4 Å². The Labute approximate surface area is 373 Å². The zero-order chi connectivity index (χ0) is 43.5. The standard InChI is InChI=1S/C55H98O5/c1-4-7-10-13-16-19-21-23-25-27-28-29-30-32-34-37-39-42-45-48-54(56)59-52-53(60-55(57)49-46-43-40-36-18-15-12-9-6-3)51-58-50-47-44-41-38-35-33-31-26-24-22-20-17-14-11-8-5-2/h7,10,16,19,23-26,28-29,53H,4-6,8-9,11-15,17-18,20-22,27,30-52H2,1-3H3/b10-7-,19-16-,25-23-,26-24-,29-28-. The van der Waals surface area contributed by atoms with Crippen LogP contribution in [0.5, 0.6) is 0 Å². The van der Waals surface area contributed by atoms with Crippen molar-refractivity contribution in [3.05, 3.63) is 60.8 Å². The Balaban J connectivity index is 4.21. The third-order valence-corrected chi connectivity index (χ3v) is 11.0. The second-order valence-electron chi connectivity index (χ2n) is 17.0. The minimum atomic E-state index is -0.542. The molecule has 0 heterocycles. The van der Waals surface area contributed by atoms with Gasteiger partial charge in [-0.1, -0.05) is 216 Å². The molecule has 0 aromatic rings. The first-order valence-corrected chi connectivity index (χ1v) is 25.8. The Bertz CT molecular complexity index is 1040. The normalized spacial score (nSPS) is 12.7. The predicted molar refractivity (Wildman–Crippen MR) is 261 cm³/mol. The molecule has 5 nitrogen and oxygen atoms in total. The number of ether oxygens (including phenoxy) is 3. The molecule has 0 saturated heterocycles. The van der Waals surface area contributed by atoms with Gasteiger partial charge in [-0.2, -0.15) is 0 Å². The number of unbranched alkanes of at least 4 members (excludes halogenated alkanes) is 26. The van der Waals surface area contributed by atoms with Crippen LogP contribution in [0.3, 0.4) is 0 Å². The molecule has 0 saturated carbocycles. The largest absolute Gasteiger partial charge is 0.462 e. The molecular formula is C55H98O5. The van der Waals surface area contributed by atoms with Gasteiger partial charge in [0.1, 0.15) is 6.61 Å². The van der Waals surface area contributed by atoms with Gasteiger partial charge in [-0.05, 0) is 83.5 Å². The van der Waals surface area contributed by atoms with Crippen LogP contribution >= 0.6 is 0 Å². The molecule has 1 unspecified atom stereocenters. The van der Waals surface area contributed by atoms with Gasteiger partial charge < -0.3 is 14.2 Å². The van der Waals surface area contributed by atoms with E-state index in [9.17, 15) is 9.59 Å². The molecule has 1 atom stereocenters. The van der Waals surface area contributed by atoms with Gasteiger partial charge in [0.2, 0.25) is 0 Å². The zero-order valence-corrected chi connectivity index (χ0v) is 40.0. The lowest BCUT2D eigenvalue weighted by atomic mass is 10.1. The third-order valence-electron chi connectivity index (χ3n) is 11.0. The summed E-state index contributed by atoms with van der Waals surface area (Å²) in [5, 5.41) is 0. The number of carbonyl (C=O) groups excluding carboxylic acids is 2. The molecule has 0 fully saturated rings. The molecule has 348 valence electrons. The van der Waals surface area contributed by atoms with Crippen molar-refractivity contribution in [1.29, 1.82) is 0 Å². The Morgan fingerprint density at radius 2 is 0.750 bits per heavy atom. The summed E-state index contributed by atoms with van der Waals surface area (Å²) in [5.74, 6) is -0.413. The van der Waals surface area contributed by atoms with Crippen molar-refractivity contribution >= 4 is 11.9 Å². The summed E-state index contributed by atoms with van der Waals surface area (Å²) in [5.41, 5.74) is 0. The number of esters is 2. The lowest BCUT2D eigenvalue weighted by Gasteiger charge is -2.18. The van der Waals surface area contributed by atoms with Crippen LogP contribution in [0.15, 0.2) is 60.8 Å². The Hall–Kier alpha value is -2.40. The zero-order valence-electron chi connectivity index (χ0n) is 40.0. The molecule has 0 aliphatic rings. The number of hydrogen-bond acceptors (Lipinski definition) is 5. The van der Waals surface area contributed by atoms with Gasteiger partial charge >= 0.3 is 11.9 Å². The molecule has 0 bridgehead atoms. The number of rotatable bonds is 47. The van der Waals surface area contributed by atoms with Crippen molar-refractivity contribution < 1.29 is 23.8 Å². The molecule has 0 N–H and O–H groups in total. The van der Waals surface area contributed by atoms with E-state index in [4.69, 9.17) is 14.2 Å². The van der Waals surface area contributed by atoms with Crippen LogP contribution in [-0.4, -0.2) is 37.9 Å². The van der Waals surface area contributed by atoms with Gasteiger partial charge in [-0.25, -0.2) is 0 Å². The van der Waals surface area contributed by atoms with Crippen molar-refractivity contribution in [2.75, 3.05) is 19.8 Å². The summed E-state index contributed by atoms with van der Waals surface area (Å²) >= 11 is 0. The van der Waals surface area contributed by atoms with Crippen LogP contribution in [-0.2, 0) is 23.8 Å². The number of allylic oxidation sites excluding steroid dienone is 10.